The highest BCUT2D eigenvalue weighted by molar-refractivity contribution is 5.97. The Hall–Kier alpha value is -5.15. The normalized spacial score (nSPS) is 11.4. The minimum Gasteiger partial charge on any atom is -0.494 e. The average molecular weight is 666 g/mol. The number of aliphatic carboxylic acids is 1. The molecule has 258 valence electrons. The van der Waals surface area contributed by atoms with Crippen LogP contribution in [-0.2, 0) is 33.9 Å². The largest absolute Gasteiger partial charge is 0.494 e. The Balaban J connectivity index is 1.21. The number of carboxylic acids is 1. The standard InChI is InChI=1S/C40H47N3O6/c1-3-4-5-6-10-25-49-36-23-15-31(16-24-36)27-43(2)35-21-13-30(14-22-35)26-37(40(46)47)42-39(45)33-17-19-34(20-18-33)41-38(44)29-48-28-32-11-8-7-9-12-32/h7-9,11-24,37H,3-6,10,25-29H2,1-2H3,(H,41,44)(H,42,45)(H,46,47). The minimum absolute atomic E-state index is 0.113. The van der Waals surface area contributed by atoms with Crippen LogP contribution in [0.5, 0.6) is 5.75 Å². The molecule has 0 aliphatic heterocycles. The molecule has 0 radical (unpaired) electrons. The quantitative estimate of drug-likeness (QED) is 0.0852. The minimum atomic E-state index is -1.13. The van der Waals surface area contributed by atoms with Crippen molar-refractivity contribution < 1.29 is 29.0 Å². The van der Waals surface area contributed by atoms with Crippen LogP contribution < -0.4 is 20.3 Å². The van der Waals surface area contributed by atoms with Crippen molar-refractivity contribution in [1.82, 2.24) is 5.32 Å². The van der Waals surface area contributed by atoms with Gasteiger partial charge in [0, 0.05) is 37.0 Å². The molecule has 0 spiro atoms. The summed E-state index contributed by atoms with van der Waals surface area (Å²) < 4.78 is 11.3. The smallest absolute Gasteiger partial charge is 0.326 e. The lowest BCUT2D eigenvalue weighted by atomic mass is 10.0. The molecule has 4 aromatic carbocycles. The van der Waals surface area contributed by atoms with Crippen LogP contribution in [0.3, 0.4) is 0 Å². The van der Waals surface area contributed by atoms with Gasteiger partial charge >= 0.3 is 5.97 Å². The van der Waals surface area contributed by atoms with Crippen molar-refractivity contribution in [3.8, 4) is 5.75 Å². The van der Waals surface area contributed by atoms with Gasteiger partial charge in [0.25, 0.3) is 5.91 Å². The summed E-state index contributed by atoms with van der Waals surface area (Å²) in [7, 11) is 2.01. The van der Waals surface area contributed by atoms with Gasteiger partial charge in [-0.05, 0) is 71.6 Å². The average Bonchev–Trinajstić information content (AvgIpc) is 3.11. The van der Waals surface area contributed by atoms with Crippen LogP contribution in [-0.4, -0.2) is 49.2 Å². The number of unbranched alkanes of at least 4 members (excludes halogenated alkanes) is 4. The number of carbonyl (C=O) groups is 3. The highest BCUT2D eigenvalue weighted by Gasteiger charge is 2.21. The molecule has 4 aromatic rings. The fraction of sp³-hybridized carbons (Fsp3) is 0.325. The molecule has 4 rings (SSSR count). The summed E-state index contributed by atoms with van der Waals surface area (Å²) in [4.78, 5) is 39.3. The van der Waals surface area contributed by atoms with Gasteiger partial charge in [0.15, 0.2) is 0 Å². The zero-order chi connectivity index (χ0) is 34.8. The number of ether oxygens (including phenoxy) is 2. The molecule has 2 amide bonds. The maximum Gasteiger partial charge on any atom is 0.326 e. The first-order valence-electron chi connectivity index (χ1n) is 16.9. The number of nitrogens with one attached hydrogen (secondary N) is 2. The first kappa shape index (κ1) is 36.7. The molecule has 49 heavy (non-hydrogen) atoms. The summed E-state index contributed by atoms with van der Waals surface area (Å²) in [5.74, 6) is -1.08. The summed E-state index contributed by atoms with van der Waals surface area (Å²) in [6.45, 7) is 3.87. The van der Waals surface area contributed by atoms with Gasteiger partial charge in [-0.15, -0.1) is 0 Å². The molecule has 1 atom stereocenters. The lowest BCUT2D eigenvalue weighted by Gasteiger charge is -2.20. The van der Waals surface area contributed by atoms with Gasteiger partial charge in [-0.25, -0.2) is 4.79 Å². The number of amides is 2. The Morgan fingerprint density at radius 1 is 0.776 bits per heavy atom. The summed E-state index contributed by atoms with van der Waals surface area (Å²) in [5.41, 5.74) is 4.68. The number of carboxylic acid groups (broad SMARTS) is 1. The summed E-state index contributed by atoms with van der Waals surface area (Å²) >= 11 is 0. The number of benzene rings is 4. The van der Waals surface area contributed by atoms with Crippen molar-refractivity contribution in [3.63, 3.8) is 0 Å². The van der Waals surface area contributed by atoms with Crippen LogP contribution in [0.4, 0.5) is 11.4 Å². The maximum absolute atomic E-state index is 12.9. The Morgan fingerprint density at radius 3 is 2.12 bits per heavy atom. The summed E-state index contributed by atoms with van der Waals surface area (Å²) in [6, 6.07) is 30.5. The van der Waals surface area contributed by atoms with Crippen molar-refractivity contribution in [2.24, 2.45) is 0 Å². The first-order valence-corrected chi connectivity index (χ1v) is 16.9. The number of hydrogen-bond donors (Lipinski definition) is 3. The van der Waals surface area contributed by atoms with E-state index < -0.39 is 17.9 Å². The van der Waals surface area contributed by atoms with E-state index in [2.05, 4.69) is 34.6 Å². The monoisotopic (exact) mass is 665 g/mol. The highest BCUT2D eigenvalue weighted by Crippen LogP contribution is 2.20. The van der Waals surface area contributed by atoms with Crippen molar-refractivity contribution in [2.45, 2.75) is 64.6 Å². The van der Waals surface area contributed by atoms with Gasteiger partial charge in [-0.2, -0.15) is 0 Å². The summed E-state index contributed by atoms with van der Waals surface area (Å²) in [5, 5.41) is 15.2. The van der Waals surface area contributed by atoms with E-state index in [4.69, 9.17) is 9.47 Å². The molecule has 9 nitrogen and oxygen atoms in total. The third kappa shape index (κ3) is 12.8. The zero-order valence-corrected chi connectivity index (χ0v) is 28.4. The third-order valence-electron chi connectivity index (χ3n) is 8.06. The fourth-order valence-corrected chi connectivity index (χ4v) is 5.25. The van der Waals surface area contributed by atoms with Crippen LogP contribution in [0.25, 0.3) is 0 Å². The van der Waals surface area contributed by atoms with Gasteiger partial charge in [0.2, 0.25) is 5.91 Å². The molecular weight excluding hydrogens is 618 g/mol. The Morgan fingerprint density at radius 2 is 1.45 bits per heavy atom. The van der Waals surface area contributed by atoms with Crippen LogP contribution in [0, 0.1) is 0 Å². The summed E-state index contributed by atoms with van der Waals surface area (Å²) in [6.07, 6.45) is 6.18. The van der Waals surface area contributed by atoms with Crippen molar-refractivity contribution in [2.75, 3.05) is 30.5 Å². The van der Waals surface area contributed by atoms with Gasteiger partial charge in [0.1, 0.15) is 18.4 Å². The molecule has 1 unspecified atom stereocenters. The van der Waals surface area contributed by atoms with Gasteiger partial charge in [0.05, 0.1) is 13.2 Å². The van der Waals surface area contributed by atoms with Gasteiger partial charge < -0.3 is 30.1 Å². The van der Waals surface area contributed by atoms with Crippen LogP contribution in [0.2, 0.25) is 0 Å². The number of anilines is 2. The first-order chi connectivity index (χ1) is 23.8. The van der Waals surface area contributed by atoms with E-state index in [9.17, 15) is 19.5 Å². The predicted octanol–water partition coefficient (Wildman–Crippen LogP) is 7.25. The third-order valence-corrected chi connectivity index (χ3v) is 8.06. The van der Waals surface area contributed by atoms with Crippen molar-refractivity contribution in [1.29, 1.82) is 0 Å². The Labute approximate surface area is 289 Å². The molecule has 0 heterocycles. The van der Waals surface area contributed by atoms with Crippen molar-refractivity contribution >= 4 is 29.2 Å². The molecule has 0 saturated carbocycles. The Bertz CT molecular complexity index is 1590. The predicted molar refractivity (Wildman–Crippen MR) is 193 cm³/mol. The molecule has 0 aromatic heterocycles. The van der Waals surface area contributed by atoms with Crippen LogP contribution in [0.15, 0.2) is 103 Å². The van der Waals surface area contributed by atoms with E-state index in [-0.39, 0.29) is 24.5 Å². The van der Waals surface area contributed by atoms with Crippen LogP contribution >= 0.6 is 0 Å². The second-order valence-electron chi connectivity index (χ2n) is 12.1. The molecular formula is C40H47N3O6. The van der Waals surface area contributed by atoms with E-state index >= 15 is 0 Å². The number of hydrogen-bond acceptors (Lipinski definition) is 6. The van der Waals surface area contributed by atoms with E-state index in [1.54, 1.807) is 12.1 Å². The molecule has 0 aliphatic rings. The molecule has 0 fully saturated rings. The number of nitrogens with zero attached hydrogens (tertiary/aromatic N) is 1. The van der Waals surface area contributed by atoms with Gasteiger partial charge in [-0.1, -0.05) is 87.2 Å². The number of rotatable bonds is 20. The fourth-order valence-electron chi connectivity index (χ4n) is 5.25. The second-order valence-corrected chi connectivity index (χ2v) is 12.1. The molecule has 9 heteroatoms. The lowest BCUT2D eigenvalue weighted by Crippen LogP contribution is -2.42. The highest BCUT2D eigenvalue weighted by atomic mass is 16.5. The van der Waals surface area contributed by atoms with Crippen LogP contribution in [0.1, 0.15) is 66.1 Å². The van der Waals surface area contributed by atoms with E-state index in [1.807, 2.05) is 73.8 Å². The van der Waals surface area contributed by atoms with E-state index in [1.165, 1.54) is 37.8 Å². The SMILES string of the molecule is CCCCCCCOc1ccc(CN(C)c2ccc(CC(NC(=O)c3ccc(NC(=O)COCc4ccccc4)cc3)C(=O)O)cc2)cc1. The van der Waals surface area contributed by atoms with Gasteiger partial charge in [-0.3, -0.25) is 9.59 Å². The second kappa shape index (κ2) is 19.6. The lowest BCUT2D eigenvalue weighted by molar-refractivity contribution is -0.139. The van der Waals surface area contributed by atoms with Crippen molar-refractivity contribution in [3.05, 3.63) is 125 Å². The Kier molecular flexibility index (Phi) is 14.7. The van der Waals surface area contributed by atoms with E-state index in [0.29, 0.717) is 18.8 Å². The van der Waals surface area contributed by atoms with E-state index in [0.717, 1.165) is 41.2 Å². The molecule has 0 bridgehead atoms. The number of carbonyl (C=O) groups excluding carboxylic acids is 2. The maximum atomic E-state index is 12.9. The topological polar surface area (TPSA) is 117 Å². The molecule has 0 saturated heterocycles. The molecule has 0 aliphatic carbocycles. The zero-order valence-electron chi connectivity index (χ0n) is 28.4. The molecule has 3 N–H and O–H groups in total.